The molecule has 0 aliphatic carbocycles. The van der Waals surface area contributed by atoms with E-state index in [1.54, 1.807) is 11.0 Å². The Kier molecular flexibility index (Phi) is 4.47. The number of rotatable bonds is 3. The molecule has 2 saturated heterocycles. The molecule has 0 saturated carbocycles. The Morgan fingerprint density at radius 2 is 1.67 bits per heavy atom. The molecule has 0 spiro atoms. The molecule has 1 N–H and O–H groups in total. The highest BCUT2D eigenvalue weighted by molar-refractivity contribution is 6.05. The van der Waals surface area contributed by atoms with Gasteiger partial charge in [0.2, 0.25) is 0 Å². The van der Waals surface area contributed by atoms with Crippen molar-refractivity contribution < 1.29 is 14.4 Å². The number of fused-ring (bicyclic) bond motifs is 2. The summed E-state index contributed by atoms with van der Waals surface area (Å²) >= 11 is 0. The zero-order chi connectivity index (χ0) is 20.7. The van der Waals surface area contributed by atoms with E-state index in [1.165, 1.54) is 4.90 Å². The molecule has 2 fully saturated rings. The number of carbonyl (C=O) groups excluding carboxylic acids is 3. The molecule has 5 rings (SSSR count). The predicted octanol–water partition coefficient (Wildman–Crippen LogP) is 3.17. The molecule has 2 atom stereocenters. The summed E-state index contributed by atoms with van der Waals surface area (Å²) < 4.78 is 0. The molecule has 2 heterocycles. The first-order valence-corrected chi connectivity index (χ1v) is 10.1. The van der Waals surface area contributed by atoms with Crippen LogP contribution in [0, 0.1) is 0 Å². The van der Waals surface area contributed by atoms with Crippen LogP contribution in [0.25, 0.3) is 10.8 Å². The molecule has 0 radical (unpaired) electrons. The van der Waals surface area contributed by atoms with Gasteiger partial charge in [0.15, 0.2) is 0 Å². The molecule has 150 valence electrons. The zero-order valence-corrected chi connectivity index (χ0v) is 16.3. The minimum atomic E-state index is -0.676. The second-order valence-electron chi connectivity index (χ2n) is 7.76. The van der Waals surface area contributed by atoms with Crippen molar-refractivity contribution >= 4 is 28.6 Å². The maximum absolute atomic E-state index is 13.3. The number of hydrogen-bond donors (Lipinski definition) is 1. The predicted molar refractivity (Wildman–Crippen MR) is 113 cm³/mol. The first-order chi connectivity index (χ1) is 14.6. The van der Waals surface area contributed by atoms with E-state index < -0.39 is 12.1 Å². The van der Waals surface area contributed by atoms with E-state index in [-0.39, 0.29) is 24.4 Å². The SMILES string of the molecule is O=C1N[C@@H]2CCN(C(=O)c3ccc4ccccc4c3)[C@@H]2C(=O)N1Cc1ccccc1. The number of urea groups is 1. The van der Waals surface area contributed by atoms with Gasteiger partial charge in [-0.1, -0.05) is 60.7 Å². The number of imide groups is 1. The van der Waals surface area contributed by atoms with Gasteiger partial charge >= 0.3 is 6.03 Å². The van der Waals surface area contributed by atoms with Crippen LogP contribution in [0.3, 0.4) is 0 Å². The Labute approximate surface area is 174 Å². The van der Waals surface area contributed by atoms with Crippen molar-refractivity contribution in [3.8, 4) is 0 Å². The summed E-state index contributed by atoms with van der Waals surface area (Å²) in [6.45, 7) is 0.624. The van der Waals surface area contributed by atoms with Crippen molar-refractivity contribution in [3.05, 3.63) is 83.9 Å². The lowest BCUT2D eigenvalue weighted by Crippen LogP contribution is -2.64. The molecule has 3 aromatic rings. The van der Waals surface area contributed by atoms with Gasteiger partial charge in [0.25, 0.3) is 11.8 Å². The lowest BCUT2D eigenvalue weighted by molar-refractivity contribution is -0.134. The number of amides is 4. The Morgan fingerprint density at radius 1 is 0.933 bits per heavy atom. The van der Waals surface area contributed by atoms with E-state index >= 15 is 0 Å². The van der Waals surface area contributed by atoms with Gasteiger partial charge < -0.3 is 10.2 Å². The second kappa shape index (κ2) is 7.30. The molecular formula is C24H21N3O3. The van der Waals surface area contributed by atoms with Gasteiger partial charge in [0.1, 0.15) is 6.04 Å². The largest absolute Gasteiger partial charge is 0.332 e. The fraction of sp³-hybridized carbons (Fsp3) is 0.208. The third kappa shape index (κ3) is 3.10. The smallest absolute Gasteiger partial charge is 0.324 e. The Balaban J connectivity index is 1.42. The lowest BCUT2D eigenvalue weighted by Gasteiger charge is -2.37. The second-order valence-corrected chi connectivity index (χ2v) is 7.76. The highest BCUT2D eigenvalue weighted by Gasteiger charge is 2.49. The van der Waals surface area contributed by atoms with Gasteiger partial charge in [-0.25, -0.2) is 4.79 Å². The number of likely N-dealkylation sites (tertiary alicyclic amines) is 1. The number of nitrogens with zero attached hydrogens (tertiary/aromatic N) is 2. The summed E-state index contributed by atoms with van der Waals surface area (Å²) in [6, 6.07) is 21.4. The van der Waals surface area contributed by atoms with E-state index in [9.17, 15) is 14.4 Å². The Morgan fingerprint density at radius 3 is 2.47 bits per heavy atom. The molecule has 0 aromatic heterocycles. The summed E-state index contributed by atoms with van der Waals surface area (Å²) in [5.41, 5.74) is 1.42. The normalized spacial score (nSPS) is 20.9. The van der Waals surface area contributed by atoms with Crippen LogP contribution >= 0.6 is 0 Å². The molecule has 6 heteroatoms. The summed E-state index contributed by atoms with van der Waals surface area (Å²) in [5.74, 6) is -0.503. The van der Waals surface area contributed by atoms with Crippen molar-refractivity contribution in [2.75, 3.05) is 6.54 Å². The Hall–Kier alpha value is -3.67. The van der Waals surface area contributed by atoms with Crippen LogP contribution in [0.5, 0.6) is 0 Å². The first kappa shape index (κ1) is 18.4. The fourth-order valence-corrected chi connectivity index (χ4v) is 4.38. The van der Waals surface area contributed by atoms with Crippen LogP contribution in [-0.2, 0) is 11.3 Å². The summed E-state index contributed by atoms with van der Waals surface area (Å²) in [5, 5.41) is 4.96. The third-order valence-electron chi connectivity index (χ3n) is 5.91. The summed E-state index contributed by atoms with van der Waals surface area (Å²) in [7, 11) is 0. The standard InChI is InChI=1S/C24H21N3O3/c28-22(19-11-10-17-8-4-5-9-18(17)14-19)26-13-12-20-21(26)23(29)27(24(30)25-20)15-16-6-2-1-3-7-16/h1-11,14,20-21H,12-13,15H2,(H,25,30)/t20-,21+/m1/s1. The maximum atomic E-state index is 13.3. The van der Waals surface area contributed by atoms with Crippen LogP contribution in [0.2, 0.25) is 0 Å². The van der Waals surface area contributed by atoms with Crippen molar-refractivity contribution in [1.29, 1.82) is 0 Å². The molecule has 4 amide bonds. The third-order valence-corrected chi connectivity index (χ3v) is 5.91. The van der Waals surface area contributed by atoms with E-state index in [0.717, 1.165) is 16.3 Å². The van der Waals surface area contributed by atoms with Crippen molar-refractivity contribution in [3.63, 3.8) is 0 Å². The van der Waals surface area contributed by atoms with Crippen molar-refractivity contribution in [1.82, 2.24) is 15.1 Å². The molecule has 0 unspecified atom stereocenters. The maximum Gasteiger partial charge on any atom is 0.324 e. The van der Waals surface area contributed by atoms with Gasteiger partial charge in [-0.15, -0.1) is 0 Å². The van der Waals surface area contributed by atoms with E-state index in [0.29, 0.717) is 18.5 Å². The van der Waals surface area contributed by atoms with E-state index in [2.05, 4.69) is 5.32 Å². The highest BCUT2D eigenvalue weighted by Crippen LogP contribution is 2.27. The van der Waals surface area contributed by atoms with E-state index in [4.69, 9.17) is 0 Å². The molecule has 2 aliphatic heterocycles. The molecule has 0 bridgehead atoms. The van der Waals surface area contributed by atoms with Crippen molar-refractivity contribution in [2.45, 2.75) is 25.0 Å². The topological polar surface area (TPSA) is 69.7 Å². The molecule has 6 nitrogen and oxygen atoms in total. The zero-order valence-electron chi connectivity index (χ0n) is 16.3. The van der Waals surface area contributed by atoms with Crippen LogP contribution in [0.1, 0.15) is 22.3 Å². The van der Waals surface area contributed by atoms with Crippen LogP contribution < -0.4 is 5.32 Å². The number of benzene rings is 3. The molecule has 3 aromatic carbocycles. The minimum Gasteiger partial charge on any atom is -0.332 e. The van der Waals surface area contributed by atoms with Crippen LogP contribution in [0.15, 0.2) is 72.8 Å². The molecule has 2 aliphatic rings. The number of nitrogens with one attached hydrogen (secondary N) is 1. The molecular weight excluding hydrogens is 378 g/mol. The minimum absolute atomic E-state index is 0.183. The van der Waals surface area contributed by atoms with Crippen LogP contribution in [0.4, 0.5) is 4.79 Å². The fourth-order valence-electron chi connectivity index (χ4n) is 4.38. The van der Waals surface area contributed by atoms with Gasteiger partial charge in [-0.2, -0.15) is 0 Å². The van der Waals surface area contributed by atoms with Gasteiger partial charge in [0, 0.05) is 12.1 Å². The average Bonchev–Trinajstić information content (AvgIpc) is 3.20. The highest BCUT2D eigenvalue weighted by atomic mass is 16.2. The molecule has 30 heavy (non-hydrogen) atoms. The van der Waals surface area contributed by atoms with E-state index in [1.807, 2.05) is 66.7 Å². The van der Waals surface area contributed by atoms with Gasteiger partial charge in [-0.05, 0) is 34.9 Å². The monoisotopic (exact) mass is 399 g/mol. The summed E-state index contributed by atoms with van der Waals surface area (Å²) in [4.78, 5) is 41.9. The van der Waals surface area contributed by atoms with Crippen LogP contribution in [-0.4, -0.2) is 46.3 Å². The number of hydrogen-bond acceptors (Lipinski definition) is 3. The quantitative estimate of drug-likeness (QED) is 0.736. The lowest BCUT2D eigenvalue weighted by atomic mass is 10.0. The van der Waals surface area contributed by atoms with Gasteiger partial charge in [-0.3, -0.25) is 14.5 Å². The van der Waals surface area contributed by atoms with Gasteiger partial charge in [0.05, 0.1) is 12.6 Å². The average molecular weight is 399 g/mol. The Bertz CT molecular complexity index is 1140. The number of carbonyl (C=O) groups is 3. The first-order valence-electron chi connectivity index (χ1n) is 10.1. The van der Waals surface area contributed by atoms with Crippen molar-refractivity contribution in [2.24, 2.45) is 0 Å². The summed E-state index contributed by atoms with van der Waals surface area (Å²) in [6.07, 6.45) is 0.570.